The van der Waals surface area contributed by atoms with Crippen LogP contribution in [-0.2, 0) is 0 Å². The number of pyridine rings is 1. The van der Waals surface area contributed by atoms with Crippen LogP contribution in [0.15, 0.2) is 30.5 Å². The first-order valence-electron chi connectivity index (χ1n) is 5.04. The molecule has 82 valence electrons. The molecular weight excluding hydrogens is 207 g/mol. The summed E-state index contributed by atoms with van der Waals surface area (Å²) in [7, 11) is 0. The largest absolute Gasteiger partial charge is 0.352 e. The van der Waals surface area contributed by atoms with Crippen molar-refractivity contribution in [3.63, 3.8) is 0 Å². The molecule has 0 aliphatic carbocycles. The van der Waals surface area contributed by atoms with Gasteiger partial charge in [-0.1, -0.05) is 0 Å². The van der Waals surface area contributed by atoms with Gasteiger partial charge in [0.25, 0.3) is 5.91 Å². The van der Waals surface area contributed by atoms with Gasteiger partial charge in [-0.05, 0) is 31.2 Å². The lowest BCUT2D eigenvalue weighted by Crippen LogP contribution is -2.22. The Kier molecular flexibility index (Phi) is 2.81. The van der Waals surface area contributed by atoms with Crippen molar-refractivity contribution < 1.29 is 9.18 Å². The van der Waals surface area contributed by atoms with Crippen molar-refractivity contribution in [3.05, 3.63) is 41.8 Å². The Morgan fingerprint density at radius 1 is 1.44 bits per heavy atom. The molecule has 1 heterocycles. The third-order valence-corrected chi connectivity index (χ3v) is 2.24. The monoisotopic (exact) mass is 218 g/mol. The molecule has 0 saturated heterocycles. The molecule has 1 aromatic carbocycles. The van der Waals surface area contributed by atoms with E-state index < -0.39 is 0 Å². The number of carbonyl (C=O) groups is 1. The van der Waals surface area contributed by atoms with Crippen molar-refractivity contribution in [1.82, 2.24) is 10.3 Å². The zero-order valence-electron chi connectivity index (χ0n) is 8.83. The van der Waals surface area contributed by atoms with E-state index in [-0.39, 0.29) is 11.7 Å². The van der Waals surface area contributed by atoms with Crippen LogP contribution in [0.1, 0.15) is 17.3 Å². The second-order valence-corrected chi connectivity index (χ2v) is 3.42. The lowest BCUT2D eigenvalue weighted by molar-refractivity contribution is 0.0955. The van der Waals surface area contributed by atoms with Gasteiger partial charge in [-0.25, -0.2) is 4.39 Å². The van der Waals surface area contributed by atoms with Crippen molar-refractivity contribution in [3.8, 4) is 0 Å². The number of amides is 1. The highest BCUT2D eigenvalue weighted by Gasteiger charge is 2.06. The standard InChI is InChI=1S/C12H11FN2O/c1-2-14-12(16)9-5-8-6-10(13)3-4-11(8)15-7-9/h3-7H,2H2,1H3,(H,14,16). The molecule has 4 heteroatoms. The Labute approximate surface area is 92.3 Å². The van der Waals surface area contributed by atoms with Crippen LogP contribution in [0.5, 0.6) is 0 Å². The van der Waals surface area contributed by atoms with Gasteiger partial charge in [0, 0.05) is 18.1 Å². The molecule has 3 nitrogen and oxygen atoms in total. The van der Waals surface area contributed by atoms with Crippen LogP contribution in [0, 0.1) is 5.82 Å². The first-order valence-corrected chi connectivity index (χ1v) is 5.04. The Morgan fingerprint density at radius 3 is 3.00 bits per heavy atom. The molecule has 0 atom stereocenters. The Balaban J connectivity index is 2.46. The predicted octanol–water partition coefficient (Wildman–Crippen LogP) is 2.12. The molecule has 0 aliphatic heterocycles. The van der Waals surface area contributed by atoms with Gasteiger partial charge >= 0.3 is 0 Å². The van der Waals surface area contributed by atoms with Gasteiger partial charge in [-0.15, -0.1) is 0 Å². The number of nitrogens with zero attached hydrogens (tertiary/aromatic N) is 1. The van der Waals surface area contributed by atoms with Crippen LogP contribution in [0.3, 0.4) is 0 Å². The number of aromatic nitrogens is 1. The summed E-state index contributed by atoms with van der Waals surface area (Å²) in [4.78, 5) is 15.6. The lowest BCUT2D eigenvalue weighted by Gasteiger charge is -2.03. The fourth-order valence-corrected chi connectivity index (χ4v) is 1.49. The molecule has 0 radical (unpaired) electrons. The lowest BCUT2D eigenvalue weighted by atomic mass is 10.1. The molecule has 0 fully saturated rings. The number of hydrogen-bond acceptors (Lipinski definition) is 2. The summed E-state index contributed by atoms with van der Waals surface area (Å²) in [6.07, 6.45) is 1.49. The average Bonchev–Trinajstić information content (AvgIpc) is 2.28. The predicted molar refractivity (Wildman–Crippen MR) is 59.7 cm³/mol. The summed E-state index contributed by atoms with van der Waals surface area (Å²) in [5, 5.41) is 3.30. The maximum Gasteiger partial charge on any atom is 0.252 e. The van der Waals surface area contributed by atoms with Gasteiger partial charge in [0.1, 0.15) is 5.82 Å². The van der Waals surface area contributed by atoms with E-state index in [1.54, 1.807) is 12.1 Å². The second kappa shape index (κ2) is 4.26. The zero-order valence-corrected chi connectivity index (χ0v) is 8.83. The summed E-state index contributed by atoms with van der Waals surface area (Å²) in [5.41, 5.74) is 1.12. The van der Waals surface area contributed by atoms with E-state index in [9.17, 15) is 9.18 Å². The number of rotatable bonds is 2. The van der Waals surface area contributed by atoms with E-state index in [0.29, 0.717) is 23.0 Å². The molecule has 16 heavy (non-hydrogen) atoms. The molecule has 0 aliphatic rings. The van der Waals surface area contributed by atoms with Crippen molar-refractivity contribution in [2.75, 3.05) is 6.54 Å². The summed E-state index contributed by atoms with van der Waals surface area (Å²) in [5.74, 6) is -0.525. The highest BCUT2D eigenvalue weighted by molar-refractivity contribution is 5.97. The third-order valence-electron chi connectivity index (χ3n) is 2.24. The smallest absolute Gasteiger partial charge is 0.252 e. The van der Waals surface area contributed by atoms with E-state index in [2.05, 4.69) is 10.3 Å². The van der Waals surface area contributed by atoms with Crippen LogP contribution >= 0.6 is 0 Å². The molecule has 0 unspecified atom stereocenters. The van der Waals surface area contributed by atoms with E-state index in [1.165, 1.54) is 18.3 Å². The van der Waals surface area contributed by atoms with Gasteiger partial charge in [-0.3, -0.25) is 9.78 Å². The van der Waals surface area contributed by atoms with Crippen LogP contribution in [-0.4, -0.2) is 17.4 Å². The Bertz CT molecular complexity index is 540. The highest BCUT2D eigenvalue weighted by atomic mass is 19.1. The van der Waals surface area contributed by atoms with Gasteiger partial charge < -0.3 is 5.32 Å². The third kappa shape index (κ3) is 2.00. The van der Waals surface area contributed by atoms with Crippen molar-refractivity contribution in [2.24, 2.45) is 0 Å². The fourth-order valence-electron chi connectivity index (χ4n) is 1.49. The molecular formula is C12H11FN2O. The number of hydrogen-bond donors (Lipinski definition) is 1. The Morgan fingerprint density at radius 2 is 2.25 bits per heavy atom. The topological polar surface area (TPSA) is 42.0 Å². The maximum absolute atomic E-state index is 13.0. The molecule has 2 aromatic rings. The van der Waals surface area contributed by atoms with E-state index in [1.807, 2.05) is 6.92 Å². The minimum atomic E-state index is -0.331. The molecule has 2 rings (SSSR count). The van der Waals surface area contributed by atoms with Crippen LogP contribution in [0.25, 0.3) is 10.9 Å². The van der Waals surface area contributed by atoms with Crippen molar-refractivity contribution in [1.29, 1.82) is 0 Å². The number of nitrogens with one attached hydrogen (secondary N) is 1. The number of carbonyl (C=O) groups excluding carboxylic acids is 1. The maximum atomic E-state index is 13.0. The highest BCUT2D eigenvalue weighted by Crippen LogP contribution is 2.14. The molecule has 1 N–H and O–H groups in total. The fraction of sp³-hybridized carbons (Fsp3) is 0.167. The van der Waals surface area contributed by atoms with E-state index >= 15 is 0 Å². The van der Waals surface area contributed by atoms with Crippen molar-refractivity contribution in [2.45, 2.75) is 6.92 Å². The van der Waals surface area contributed by atoms with Crippen LogP contribution in [0.4, 0.5) is 4.39 Å². The van der Waals surface area contributed by atoms with Crippen molar-refractivity contribution >= 4 is 16.8 Å². The van der Waals surface area contributed by atoms with Crippen LogP contribution in [0.2, 0.25) is 0 Å². The first-order chi connectivity index (χ1) is 7.70. The van der Waals surface area contributed by atoms with Gasteiger partial charge in [-0.2, -0.15) is 0 Å². The number of benzene rings is 1. The molecule has 1 amide bonds. The SMILES string of the molecule is CCNC(=O)c1cnc2ccc(F)cc2c1. The van der Waals surface area contributed by atoms with Gasteiger partial charge in [0.2, 0.25) is 0 Å². The second-order valence-electron chi connectivity index (χ2n) is 3.42. The van der Waals surface area contributed by atoms with E-state index in [4.69, 9.17) is 0 Å². The number of fused-ring (bicyclic) bond motifs is 1. The molecule has 1 aromatic heterocycles. The summed E-state index contributed by atoms with van der Waals surface area (Å²) < 4.78 is 13.0. The van der Waals surface area contributed by atoms with Crippen LogP contribution < -0.4 is 5.32 Å². The zero-order chi connectivity index (χ0) is 11.5. The minimum Gasteiger partial charge on any atom is -0.352 e. The minimum absolute atomic E-state index is 0.193. The molecule has 0 bridgehead atoms. The van der Waals surface area contributed by atoms with Gasteiger partial charge in [0.05, 0.1) is 11.1 Å². The summed E-state index contributed by atoms with van der Waals surface area (Å²) in [6.45, 7) is 2.39. The summed E-state index contributed by atoms with van der Waals surface area (Å²) >= 11 is 0. The first kappa shape index (κ1) is 10.5. The quantitative estimate of drug-likeness (QED) is 0.838. The van der Waals surface area contributed by atoms with Gasteiger partial charge in [0.15, 0.2) is 0 Å². The Hall–Kier alpha value is -1.97. The van der Waals surface area contributed by atoms with E-state index in [0.717, 1.165) is 0 Å². The summed E-state index contributed by atoms with van der Waals surface area (Å²) in [6, 6.07) is 5.94. The normalized spacial score (nSPS) is 10.4. The average molecular weight is 218 g/mol. The number of halogens is 1. The molecule has 0 spiro atoms. The molecule has 0 saturated carbocycles.